The second-order valence-electron chi connectivity index (χ2n) is 20.6. The van der Waals surface area contributed by atoms with Gasteiger partial charge in [-0.2, -0.15) is 0 Å². The fourth-order valence-electron chi connectivity index (χ4n) is 9.08. The molecule has 0 bridgehead atoms. The lowest BCUT2D eigenvalue weighted by Crippen LogP contribution is -2.40. The highest BCUT2D eigenvalue weighted by molar-refractivity contribution is 5.78. The first-order valence-electron chi connectivity index (χ1n) is 29.2. The van der Waals surface area contributed by atoms with E-state index >= 15 is 0 Å². The summed E-state index contributed by atoms with van der Waals surface area (Å²) in [5.74, 6) is -0.453. The molecule has 0 fully saturated rings. The normalized spacial score (nSPS) is 12.1. The monoisotopic (exact) mass is 965 g/mol. The molecule has 1 unspecified atom stereocenters. The first kappa shape index (κ1) is 65.6. The van der Waals surface area contributed by atoms with Gasteiger partial charge in [-0.15, -0.1) is 0 Å². The van der Waals surface area contributed by atoms with Crippen LogP contribution in [-0.4, -0.2) is 91.9 Å². The van der Waals surface area contributed by atoms with Crippen LogP contribution < -0.4 is 0 Å². The summed E-state index contributed by atoms with van der Waals surface area (Å²) >= 11 is 0. The van der Waals surface area contributed by atoms with Crippen LogP contribution in [0.5, 0.6) is 0 Å². The molecule has 10 nitrogen and oxygen atoms in total. The van der Waals surface area contributed by atoms with Crippen molar-refractivity contribution in [1.82, 2.24) is 9.80 Å². The molecule has 0 aliphatic carbocycles. The Kier molecular flexibility index (Phi) is 46.6. The molecule has 0 aromatic heterocycles. The van der Waals surface area contributed by atoms with Crippen molar-refractivity contribution in [1.29, 1.82) is 0 Å². The maximum Gasteiger partial charge on any atom is 0.410 e. The van der Waals surface area contributed by atoms with E-state index in [1.54, 1.807) is 0 Å². The quantitative estimate of drug-likeness (QED) is 0.0334. The van der Waals surface area contributed by atoms with Crippen molar-refractivity contribution >= 4 is 24.0 Å². The van der Waals surface area contributed by atoms with Crippen molar-refractivity contribution in [2.75, 3.05) is 33.7 Å². The van der Waals surface area contributed by atoms with Gasteiger partial charge in [-0.05, 0) is 130 Å². The number of unbranched alkanes of at least 4 members (excludes halogenated alkanes) is 22. The fourth-order valence-corrected chi connectivity index (χ4v) is 9.08. The molecule has 1 amide bonds. The van der Waals surface area contributed by atoms with Gasteiger partial charge in [0.15, 0.2) is 0 Å². The number of rotatable bonds is 50. The van der Waals surface area contributed by atoms with E-state index in [-0.39, 0.29) is 48.9 Å². The highest BCUT2D eigenvalue weighted by atomic mass is 16.6. The number of hydrogen-bond donors (Lipinski definition) is 0. The fraction of sp³-hybridized carbons (Fsp3) is 0.931. The zero-order chi connectivity index (χ0) is 50.3. The number of carbonyl (C=O) groups is 4. The molecule has 10 heteroatoms. The van der Waals surface area contributed by atoms with Gasteiger partial charge in [0.1, 0.15) is 24.9 Å². The van der Waals surface area contributed by atoms with E-state index in [1.165, 1.54) is 81.9 Å². The molecule has 1 atom stereocenters. The first-order chi connectivity index (χ1) is 33.0. The maximum absolute atomic E-state index is 13.8. The lowest BCUT2D eigenvalue weighted by atomic mass is 10.0. The number of hydrogen-bond acceptors (Lipinski definition) is 9. The molecular weight excluding hydrogens is 853 g/mol. The number of amides is 1. The molecule has 402 valence electrons. The minimum Gasteiger partial charge on any atom is -0.462 e. The van der Waals surface area contributed by atoms with Crippen LogP contribution in [0.25, 0.3) is 0 Å². The van der Waals surface area contributed by atoms with Crippen molar-refractivity contribution in [3.63, 3.8) is 0 Å². The smallest absolute Gasteiger partial charge is 0.410 e. The molecule has 0 rings (SSSR count). The highest BCUT2D eigenvalue weighted by Gasteiger charge is 2.24. The van der Waals surface area contributed by atoms with Crippen molar-refractivity contribution in [3.05, 3.63) is 0 Å². The van der Waals surface area contributed by atoms with Crippen LogP contribution in [0.15, 0.2) is 0 Å². The van der Waals surface area contributed by atoms with Crippen molar-refractivity contribution < 1.29 is 38.1 Å². The molecular formula is C58H112N2O8. The molecule has 0 heterocycles. The zero-order valence-electron chi connectivity index (χ0n) is 46.2. The summed E-state index contributed by atoms with van der Waals surface area (Å²) in [6.45, 7) is 14.0. The topological polar surface area (TPSA) is 112 Å². The van der Waals surface area contributed by atoms with Crippen molar-refractivity contribution in [2.24, 2.45) is 0 Å². The third-order valence-corrected chi connectivity index (χ3v) is 13.3. The lowest BCUT2D eigenvalue weighted by molar-refractivity contribution is -0.151. The van der Waals surface area contributed by atoms with Gasteiger partial charge in [0.2, 0.25) is 0 Å². The average Bonchev–Trinajstić information content (AvgIpc) is 3.30. The minimum absolute atomic E-state index is 0.0323. The van der Waals surface area contributed by atoms with E-state index in [0.717, 1.165) is 167 Å². The van der Waals surface area contributed by atoms with E-state index in [1.807, 2.05) is 21.0 Å². The summed E-state index contributed by atoms with van der Waals surface area (Å²) in [4.78, 5) is 55.9. The Morgan fingerprint density at radius 2 is 0.691 bits per heavy atom. The standard InChI is InChI=1S/C58H112N2O8/c1-9-14-18-30-40-52(41-31-19-15-10-2)66-55(61)46-36-28-24-22-26-34-44-54(68-58(64)60(49-38-48-59(7)8)50-57(63)65-51(6)39-13-5)45-35-27-23-25-29-37-47-56(62)67-53(42-32-20-16-11-3)43-33-21-17-12-4/h51-54H,9-50H2,1-8H3. The Labute approximate surface area is 420 Å². The van der Waals surface area contributed by atoms with Crippen LogP contribution in [-0.2, 0) is 33.3 Å². The van der Waals surface area contributed by atoms with Gasteiger partial charge in [-0.3, -0.25) is 19.3 Å². The Balaban J connectivity index is 5.14. The molecule has 0 spiro atoms. The second kappa shape index (κ2) is 48.3. The van der Waals surface area contributed by atoms with Gasteiger partial charge < -0.3 is 23.8 Å². The predicted molar refractivity (Wildman–Crippen MR) is 284 cm³/mol. The molecule has 0 aromatic carbocycles. The summed E-state index contributed by atoms with van der Waals surface area (Å²) in [5.41, 5.74) is 0. The van der Waals surface area contributed by atoms with Crippen LogP contribution in [0.4, 0.5) is 4.79 Å². The van der Waals surface area contributed by atoms with Gasteiger partial charge in [-0.1, -0.05) is 169 Å². The van der Waals surface area contributed by atoms with Gasteiger partial charge >= 0.3 is 24.0 Å². The van der Waals surface area contributed by atoms with E-state index in [4.69, 9.17) is 18.9 Å². The lowest BCUT2D eigenvalue weighted by Gasteiger charge is -2.26. The third kappa shape index (κ3) is 42.5. The van der Waals surface area contributed by atoms with Gasteiger partial charge in [0.05, 0.1) is 6.10 Å². The molecule has 0 radical (unpaired) electrons. The average molecular weight is 966 g/mol. The Morgan fingerprint density at radius 1 is 0.353 bits per heavy atom. The summed E-state index contributed by atoms with van der Waals surface area (Å²) < 4.78 is 23.9. The minimum atomic E-state index is -0.430. The number of carbonyl (C=O) groups excluding carboxylic acids is 4. The van der Waals surface area contributed by atoms with Crippen LogP contribution in [0.2, 0.25) is 0 Å². The summed E-state index contributed by atoms with van der Waals surface area (Å²) in [6, 6.07) is 0. The first-order valence-corrected chi connectivity index (χ1v) is 29.2. The van der Waals surface area contributed by atoms with E-state index in [2.05, 4.69) is 39.5 Å². The number of esters is 3. The van der Waals surface area contributed by atoms with E-state index < -0.39 is 6.09 Å². The molecule has 0 aliphatic heterocycles. The summed E-state index contributed by atoms with van der Waals surface area (Å²) in [7, 11) is 4.01. The molecule has 0 aromatic rings. The van der Waals surface area contributed by atoms with Gasteiger partial charge in [0.25, 0.3) is 0 Å². The molecule has 68 heavy (non-hydrogen) atoms. The van der Waals surface area contributed by atoms with E-state index in [9.17, 15) is 19.2 Å². The highest BCUT2D eigenvalue weighted by Crippen LogP contribution is 2.21. The maximum atomic E-state index is 13.8. The summed E-state index contributed by atoms with van der Waals surface area (Å²) in [6.07, 6.45) is 39.7. The SMILES string of the molecule is CCCCCCC(CCCCCC)OC(=O)CCCCCCCCC(CCCCCCCCC(=O)OC(CCCCCC)CCCCCC)OC(=O)N(CCCN(C)C)CC(=O)OC(C)CCC. The predicted octanol–water partition coefficient (Wildman–Crippen LogP) is 16.4. The molecule has 0 aliphatic rings. The van der Waals surface area contributed by atoms with Crippen LogP contribution >= 0.6 is 0 Å². The number of ether oxygens (including phenoxy) is 4. The van der Waals surface area contributed by atoms with Gasteiger partial charge in [0, 0.05) is 19.4 Å². The van der Waals surface area contributed by atoms with Crippen molar-refractivity contribution in [2.45, 2.75) is 316 Å². The number of nitrogens with zero attached hydrogens (tertiary/aromatic N) is 2. The molecule has 0 saturated heterocycles. The van der Waals surface area contributed by atoms with E-state index in [0.29, 0.717) is 19.4 Å². The van der Waals surface area contributed by atoms with Crippen molar-refractivity contribution in [3.8, 4) is 0 Å². The zero-order valence-corrected chi connectivity index (χ0v) is 46.2. The Hall–Kier alpha value is -2.36. The second-order valence-corrected chi connectivity index (χ2v) is 20.6. The molecule has 0 N–H and O–H groups in total. The Bertz CT molecular complexity index is 1090. The Morgan fingerprint density at radius 3 is 1.04 bits per heavy atom. The van der Waals surface area contributed by atoms with Crippen LogP contribution in [0.1, 0.15) is 292 Å². The largest absolute Gasteiger partial charge is 0.462 e. The third-order valence-electron chi connectivity index (χ3n) is 13.3. The van der Waals surface area contributed by atoms with Crippen LogP contribution in [0, 0.1) is 0 Å². The van der Waals surface area contributed by atoms with Crippen LogP contribution in [0.3, 0.4) is 0 Å². The van der Waals surface area contributed by atoms with Gasteiger partial charge in [-0.25, -0.2) is 4.79 Å². The summed E-state index contributed by atoms with van der Waals surface area (Å²) in [5, 5.41) is 0. The molecule has 0 saturated carbocycles.